The fourth-order valence-corrected chi connectivity index (χ4v) is 5.51. The van der Waals surface area contributed by atoms with Crippen molar-refractivity contribution in [2.75, 3.05) is 45.7 Å². The van der Waals surface area contributed by atoms with E-state index in [1.54, 1.807) is 19.2 Å². The fraction of sp³-hybridized carbons (Fsp3) is 0.464. The molecule has 35 heavy (non-hydrogen) atoms. The molecule has 1 N–H and O–H groups in total. The maximum atomic E-state index is 14.4. The van der Waals surface area contributed by atoms with Crippen LogP contribution in [0.4, 0.5) is 10.1 Å². The molecule has 1 aromatic heterocycles. The average Bonchev–Trinajstić information content (AvgIpc) is 3.39. The van der Waals surface area contributed by atoms with Crippen LogP contribution in [0.5, 0.6) is 5.75 Å². The number of hydrogen-bond acceptors (Lipinski definition) is 5. The standard InChI is InChI=1S/C28H36FN5O/c1-32-16-18-33(19-17-32)21-10-12-22(13-11-21)34-15-14-27(31-34)23-6-3-4-8-26(23)30-20-24-25(29)7-5-9-28(24)35-2/h3-9,14-15,21-22,30H,10-13,16-20H2,1-2H3/t21-,22+. The predicted octanol–water partition coefficient (Wildman–Crippen LogP) is 5.04. The monoisotopic (exact) mass is 477 g/mol. The zero-order chi connectivity index (χ0) is 24.2. The number of para-hydroxylation sites is 1. The van der Waals surface area contributed by atoms with E-state index in [4.69, 9.17) is 9.84 Å². The highest BCUT2D eigenvalue weighted by atomic mass is 19.1. The Balaban J connectivity index is 1.24. The second-order valence-corrected chi connectivity index (χ2v) is 9.80. The van der Waals surface area contributed by atoms with Crippen LogP contribution in [0.1, 0.15) is 37.3 Å². The number of rotatable bonds is 7. The van der Waals surface area contributed by atoms with E-state index in [1.807, 2.05) is 18.2 Å². The lowest BCUT2D eigenvalue weighted by molar-refractivity contribution is 0.0811. The molecule has 2 aromatic carbocycles. The Bertz CT molecular complexity index is 1120. The second kappa shape index (κ2) is 10.8. The smallest absolute Gasteiger partial charge is 0.131 e. The highest BCUT2D eigenvalue weighted by molar-refractivity contribution is 5.75. The largest absolute Gasteiger partial charge is 0.496 e. The number of benzene rings is 2. The van der Waals surface area contributed by atoms with Crippen molar-refractivity contribution in [3.05, 3.63) is 66.1 Å². The van der Waals surface area contributed by atoms with E-state index >= 15 is 0 Å². The zero-order valence-corrected chi connectivity index (χ0v) is 20.8. The van der Waals surface area contributed by atoms with Gasteiger partial charge in [0.05, 0.1) is 18.8 Å². The Hall–Kier alpha value is -2.90. The molecule has 1 aliphatic carbocycles. The third kappa shape index (κ3) is 5.36. The number of likely N-dealkylation sites (N-methyl/N-ethyl adjacent to an activating group) is 1. The van der Waals surface area contributed by atoms with E-state index in [-0.39, 0.29) is 5.82 Å². The Morgan fingerprint density at radius 1 is 0.943 bits per heavy atom. The van der Waals surface area contributed by atoms with E-state index in [2.05, 4.69) is 45.2 Å². The average molecular weight is 478 g/mol. The van der Waals surface area contributed by atoms with Gasteiger partial charge in [-0.2, -0.15) is 5.10 Å². The van der Waals surface area contributed by atoms with Crippen molar-refractivity contribution in [1.29, 1.82) is 0 Å². The van der Waals surface area contributed by atoms with Crippen molar-refractivity contribution in [2.45, 2.75) is 44.3 Å². The molecule has 2 heterocycles. The molecule has 6 nitrogen and oxygen atoms in total. The molecule has 0 spiro atoms. The van der Waals surface area contributed by atoms with E-state index in [9.17, 15) is 4.39 Å². The molecule has 186 valence electrons. The molecule has 0 amide bonds. The summed E-state index contributed by atoms with van der Waals surface area (Å²) < 4.78 is 21.9. The third-order valence-electron chi connectivity index (χ3n) is 7.66. The van der Waals surface area contributed by atoms with Crippen molar-refractivity contribution in [2.24, 2.45) is 0 Å². The molecule has 1 saturated heterocycles. The zero-order valence-electron chi connectivity index (χ0n) is 20.8. The molecule has 0 unspecified atom stereocenters. The number of anilines is 1. The number of hydrogen-bond donors (Lipinski definition) is 1. The molecular formula is C28H36FN5O. The molecule has 1 aliphatic heterocycles. The van der Waals surface area contributed by atoms with Crippen LogP contribution < -0.4 is 10.1 Å². The van der Waals surface area contributed by atoms with Crippen molar-refractivity contribution >= 4 is 5.69 Å². The minimum absolute atomic E-state index is 0.272. The molecule has 2 aliphatic rings. The number of aromatic nitrogens is 2. The van der Waals surface area contributed by atoms with Gasteiger partial charge in [-0.15, -0.1) is 0 Å². The van der Waals surface area contributed by atoms with Gasteiger partial charge in [0.2, 0.25) is 0 Å². The topological polar surface area (TPSA) is 45.6 Å². The van der Waals surface area contributed by atoms with Crippen molar-refractivity contribution in [1.82, 2.24) is 19.6 Å². The molecule has 7 heteroatoms. The summed E-state index contributed by atoms with van der Waals surface area (Å²) in [5.74, 6) is 0.275. The Morgan fingerprint density at radius 2 is 1.69 bits per heavy atom. The van der Waals surface area contributed by atoms with E-state index in [1.165, 1.54) is 57.9 Å². The fourth-order valence-electron chi connectivity index (χ4n) is 5.51. The number of halogens is 1. The Labute approximate surface area is 207 Å². The van der Waals surface area contributed by atoms with Gasteiger partial charge in [0, 0.05) is 61.8 Å². The third-order valence-corrected chi connectivity index (χ3v) is 7.66. The molecule has 0 bridgehead atoms. The number of ether oxygens (including phenoxy) is 1. The van der Waals surface area contributed by atoms with Crippen LogP contribution in [-0.4, -0.2) is 66.0 Å². The molecular weight excluding hydrogens is 441 g/mol. The molecule has 5 rings (SSSR count). The van der Waals surface area contributed by atoms with Crippen LogP contribution in [0.2, 0.25) is 0 Å². The Morgan fingerprint density at radius 3 is 2.46 bits per heavy atom. The maximum absolute atomic E-state index is 14.4. The van der Waals surface area contributed by atoms with E-state index < -0.39 is 0 Å². The highest BCUT2D eigenvalue weighted by Crippen LogP contribution is 2.33. The van der Waals surface area contributed by atoms with Crippen LogP contribution in [0.25, 0.3) is 11.3 Å². The first kappa shape index (κ1) is 23.8. The van der Waals surface area contributed by atoms with Gasteiger partial charge in [0.1, 0.15) is 11.6 Å². The summed E-state index contributed by atoms with van der Waals surface area (Å²) in [6, 6.07) is 16.3. The number of nitrogens with one attached hydrogen (secondary N) is 1. The van der Waals surface area contributed by atoms with Gasteiger partial charge in [0.15, 0.2) is 0 Å². The summed E-state index contributed by atoms with van der Waals surface area (Å²) in [7, 11) is 3.78. The molecule has 3 aromatic rings. The lowest BCUT2D eigenvalue weighted by Gasteiger charge is -2.41. The van der Waals surface area contributed by atoms with Crippen LogP contribution in [0, 0.1) is 5.82 Å². The van der Waals surface area contributed by atoms with Gasteiger partial charge in [0.25, 0.3) is 0 Å². The summed E-state index contributed by atoms with van der Waals surface area (Å²) in [6.07, 6.45) is 6.95. The van der Waals surface area contributed by atoms with Crippen LogP contribution in [-0.2, 0) is 6.54 Å². The lowest BCUT2D eigenvalue weighted by atomic mass is 9.90. The van der Waals surface area contributed by atoms with Crippen LogP contribution in [0.3, 0.4) is 0 Å². The first-order valence-corrected chi connectivity index (χ1v) is 12.7. The van der Waals surface area contributed by atoms with Gasteiger partial charge < -0.3 is 15.0 Å². The predicted molar refractivity (Wildman–Crippen MR) is 138 cm³/mol. The van der Waals surface area contributed by atoms with E-state index in [0.29, 0.717) is 23.9 Å². The first-order chi connectivity index (χ1) is 17.1. The number of methoxy groups -OCH3 is 1. The molecule has 1 saturated carbocycles. The second-order valence-electron chi connectivity index (χ2n) is 9.80. The quantitative estimate of drug-likeness (QED) is 0.517. The summed E-state index contributed by atoms with van der Waals surface area (Å²) in [4.78, 5) is 5.12. The molecule has 2 fully saturated rings. The van der Waals surface area contributed by atoms with Gasteiger partial charge in [-0.25, -0.2) is 4.39 Å². The number of piperazine rings is 1. The van der Waals surface area contributed by atoms with Gasteiger partial charge in [-0.1, -0.05) is 24.3 Å². The maximum Gasteiger partial charge on any atom is 0.131 e. The Kier molecular flexibility index (Phi) is 7.35. The lowest BCUT2D eigenvalue weighted by Crippen LogP contribution is -2.49. The molecule has 0 atom stereocenters. The SMILES string of the molecule is COc1cccc(F)c1CNc1ccccc1-c1ccn([C@H]2CC[C@@H](N3CCN(C)CC3)CC2)n1. The van der Waals surface area contributed by atoms with Crippen LogP contribution >= 0.6 is 0 Å². The minimum atomic E-state index is -0.272. The first-order valence-electron chi connectivity index (χ1n) is 12.7. The van der Waals surface area contributed by atoms with Gasteiger partial charge in [-0.3, -0.25) is 9.58 Å². The molecule has 0 radical (unpaired) electrons. The van der Waals surface area contributed by atoms with Crippen LogP contribution in [0.15, 0.2) is 54.7 Å². The normalized spacial score (nSPS) is 21.7. The van der Waals surface area contributed by atoms with Gasteiger partial charge in [-0.05, 0) is 57.0 Å². The van der Waals surface area contributed by atoms with E-state index in [0.717, 1.165) is 23.0 Å². The summed E-state index contributed by atoms with van der Waals surface area (Å²) in [6.45, 7) is 5.09. The summed E-state index contributed by atoms with van der Waals surface area (Å²) >= 11 is 0. The van der Waals surface area contributed by atoms with Crippen molar-refractivity contribution in [3.63, 3.8) is 0 Å². The summed E-state index contributed by atoms with van der Waals surface area (Å²) in [5, 5.41) is 8.38. The minimum Gasteiger partial charge on any atom is -0.496 e. The van der Waals surface area contributed by atoms with Crippen molar-refractivity contribution in [3.8, 4) is 17.0 Å². The van der Waals surface area contributed by atoms with Gasteiger partial charge >= 0.3 is 0 Å². The van der Waals surface area contributed by atoms with Crippen molar-refractivity contribution < 1.29 is 9.13 Å². The highest BCUT2D eigenvalue weighted by Gasteiger charge is 2.28. The summed E-state index contributed by atoms with van der Waals surface area (Å²) in [5.41, 5.74) is 3.41. The number of nitrogens with zero attached hydrogens (tertiary/aromatic N) is 4.